The largest absolute Gasteiger partial charge is 0.393 e. The van der Waals surface area contributed by atoms with Crippen molar-refractivity contribution in [1.82, 2.24) is 24.5 Å². The van der Waals surface area contributed by atoms with E-state index in [1.165, 1.54) is 23.5 Å². The fourth-order valence-corrected chi connectivity index (χ4v) is 8.79. The molecule has 0 amide bonds. The van der Waals surface area contributed by atoms with Gasteiger partial charge in [-0.05, 0) is 74.8 Å². The van der Waals surface area contributed by atoms with E-state index in [2.05, 4.69) is 22.8 Å². The predicted octanol–water partition coefficient (Wildman–Crippen LogP) is 4.89. The maximum absolute atomic E-state index is 13.5. The lowest BCUT2D eigenvalue weighted by Crippen LogP contribution is -2.38. The number of nitrogens with zero attached hydrogens (tertiary/aromatic N) is 8. The van der Waals surface area contributed by atoms with E-state index < -0.39 is 0 Å². The van der Waals surface area contributed by atoms with Crippen LogP contribution in [-0.4, -0.2) is 81.2 Å². The summed E-state index contributed by atoms with van der Waals surface area (Å²) in [6, 6.07) is 8.52. The van der Waals surface area contributed by atoms with Gasteiger partial charge in [0.05, 0.1) is 18.3 Å². The molecule has 4 aromatic rings. The molecule has 1 aliphatic heterocycles. The highest BCUT2D eigenvalue weighted by Gasteiger charge is 2.66. The van der Waals surface area contributed by atoms with E-state index in [4.69, 9.17) is 15.1 Å². The zero-order chi connectivity index (χ0) is 30.7. The molecule has 1 saturated heterocycles. The third kappa shape index (κ3) is 5.07. The zero-order valence-corrected chi connectivity index (χ0v) is 26.7. The first-order valence-electron chi connectivity index (χ1n) is 15.1. The minimum Gasteiger partial charge on any atom is -0.393 e. The summed E-state index contributed by atoms with van der Waals surface area (Å²) in [5.41, 5.74) is 2.38. The highest BCUT2D eigenvalue weighted by molar-refractivity contribution is 7.20. The van der Waals surface area contributed by atoms with E-state index in [-0.39, 0.29) is 29.2 Å². The predicted molar refractivity (Wildman–Crippen MR) is 169 cm³/mol. The van der Waals surface area contributed by atoms with Gasteiger partial charge in [-0.3, -0.25) is 9.69 Å². The van der Waals surface area contributed by atoms with Crippen LogP contribution in [0.2, 0.25) is 0 Å². The second-order valence-corrected chi connectivity index (χ2v) is 14.4. The highest BCUT2D eigenvalue weighted by atomic mass is 32.1. The van der Waals surface area contributed by atoms with E-state index in [0.717, 1.165) is 60.4 Å². The quantitative estimate of drug-likeness (QED) is 0.247. The Morgan fingerprint density at radius 3 is 2.70 bits per heavy atom. The Morgan fingerprint density at radius 1 is 1.23 bits per heavy atom. The van der Waals surface area contributed by atoms with Crippen LogP contribution in [0.5, 0.6) is 0 Å². The van der Waals surface area contributed by atoms with Gasteiger partial charge in [-0.1, -0.05) is 29.6 Å². The van der Waals surface area contributed by atoms with Gasteiger partial charge in [-0.2, -0.15) is 9.78 Å². The van der Waals surface area contributed by atoms with Crippen LogP contribution in [0.15, 0.2) is 24.3 Å². The van der Waals surface area contributed by atoms with Crippen LogP contribution in [0.25, 0.3) is 16.2 Å². The number of aryl methyl sites for hydroxylation is 1. The van der Waals surface area contributed by atoms with Gasteiger partial charge in [0, 0.05) is 38.2 Å². The van der Waals surface area contributed by atoms with Gasteiger partial charge in [-0.25, -0.2) is 14.4 Å². The summed E-state index contributed by atoms with van der Waals surface area (Å²) in [7, 11) is 3.94. The number of fused-ring (bicyclic) bond motifs is 2. The molecule has 3 aliphatic rings. The Labute approximate surface area is 263 Å². The first-order chi connectivity index (χ1) is 21.2. The average molecular weight is 635 g/mol. The average Bonchev–Trinajstić information content (AvgIpc) is 3.60. The van der Waals surface area contributed by atoms with Crippen molar-refractivity contribution in [3.8, 4) is 17.3 Å². The van der Waals surface area contributed by atoms with Crippen molar-refractivity contribution in [2.24, 2.45) is 11.3 Å². The molecule has 4 atom stereocenters. The molecule has 2 saturated carbocycles. The molecule has 3 unspecified atom stereocenters. The molecule has 0 radical (unpaired) electrons. The molecule has 230 valence electrons. The molecule has 3 aromatic heterocycles. The Bertz CT molecular complexity index is 1760. The lowest BCUT2D eigenvalue weighted by Gasteiger charge is -2.31. The van der Waals surface area contributed by atoms with Gasteiger partial charge in [0.2, 0.25) is 10.1 Å². The number of carbonyl (C=O) groups excluding carboxylic acids is 1. The third-order valence-electron chi connectivity index (χ3n) is 9.73. The highest BCUT2D eigenvalue weighted by Crippen LogP contribution is 2.69. The van der Waals surface area contributed by atoms with Crippen molar-refractivity contribution in [2.45, 2.75) is 57.6 Å². The summed E-state index contributed by atoms with van der Waals surface area (Å²) in [5, 5.41) is 26.1. The van der Waals surface area contributed by atoms with Gasteiger partial charge in [-0.15, -0.1) is 5.10 Å². The Hall–Kier alpha value is -3.44. The lowest BCUT2D eigenvalue weighted by atomic mass is 9.78. The number of carbonyl (C=O) groups is 1. The van der Waals surface area contributed by atoms with E-state index in [1.54, 1.807) is 23.5 Å². The number of hydrogen-bond donors (Lipinski definition) is 1. The minimum absolute atomic E-state index is 0.138. The van der Waals surface area contributed by atoms with Crippen molar-refractivity contribution in [3.63, 3.8) is 0 Å². The molecule has 10 nitrogen and oxygen atoms in total. The fourth-order valence-electron chi connectivity index (χ4n) is 6.99. The fraction of sp³-hybridized carbons (Fsp3) is 0.516. The van der Waals surface area contributed by atoms with E-state index in [1.807, 2.05) is 23.5 Å². The van der Waals surface area contributed by atoms with Crippen LogP contribution in [0, 0.1) is 28.5 Å². The van der Waals surface area contributed by atoms with E-state index in [0.29, 0.717) is 46.6 Å². The molecule has 2 aliphatic carbocycles. The number of nitriles is 1. The molecular weight excluding hydrogens is 600 g/mol. The molecule has 3 fully saturated rings. The normalized spacial score (nSPS) is 24.0. The number of rotatable bonds is 11. The molecule has 4 heterocycles. The first kappa shape index (κ1) is 29.3. The number of Topliss-reactive ketones (excluding diaryl/α,β-unsaturated/α-hetero) is 1. The number of aromatic nitrogens is 4. The monoisotopic (exact) mass is 634 g/mol. The smallest absolute Gasteiger partial charge is 0.216 e. The SMILES string of the molecule is CCc1nc2sc(N3CC[C@@H](N(C)CC(=O)CCC45CC(O)C4C5)C3)nn2c1N(C)c1nc(-c2ccc(F)cc2)c(C#N)s1. The molecule has 0 bridgehead atoms. The molecule has 1 aromatic carbocycles. The van der Waals surface area contributed by atoms with Gasteiger partial charge in [0.15, 0.2) is 10.9 Å². The molecule has 0 spiro atoms. The molecule has 13 heteroatoms. The summed E-state index contributed by atoms with van der Waals surface area (Å²) >= 11 is 2.83. The van der Waals surface area contributed by atoms with Crippen LogP contribution in [0.1, 0.15) is 49.6 Å². The van der Waals surface area contributed by atoms with Crippen molar-refractivity contribution in [3.05, 3.63) is 40.7 Å². The number of hydrogen-bond acceptors (Lipinski definition) is 11. The van der Waals surface area contributed by atoms with Crippen molar-refractivity contribution in [2.75, 3.05) is 43.5 Å². The number of anilines is 3. The maximum Gasteiger partial charge on any atom is 0.216 e. The number of aliphatic hydroxyl groups excluding tert-OH is 1. The van der Waals surface area contributed by atoms with E-state index in [9.17, 15) is 19.6 Å². The minimum atomic E-state index is -0.338. The summed E-state index contributed by atoms with van der Waals surface area (Å²) in [6.07, 6.45) is 5.00. The number of ketones is 1. The van der Waals surface area contributed by atoms with E-state index >= 15 is 0 Å². The maximum atomic E-state index is 13.5. The Morgan fingerprint density at radius 2 is 2.02 bits per heavy atom. The summed E-state index contributed by atoms with van der Waals surface area (Å²) in [4.78, 5) is 30.1. The first-order valence-corrected chi connectivity index (χ1v) is 16.8. The van der Waals surface area contributed by atoms with Crippen molar-refractivity contribution in [1.29, 1.82) is 5.26 Å². The van der Waals surface area contributed by atoms with Crippen LogP contribution in [0.3, 0.4) is 0 Å². The number of benzene rings is 1. The summed E-state index contributed by atoms with van der Waals surface area (Å²) in [5.74, 6) is 1.20. The van der Waals surface area contributed by atoms with Crippen molar-refractivity contribution >= 4 is 49.5 Å². The van der Waals surface area contributed by atoms with Crippen LogP contribution in [-0.2, 0) is 11.2 Å². The zero-order valence-electron chi connectivity index (χ0n) is 25.0. The molecule has 44 heavy (non-hydrogen) atoms. The topological polar surface area (TPSA) is 114 Å². The molecule has 1 N–H and O–H groups in total. The second-order valence-electron chi connectivity index (χ2n) is 12.5. The number of imidazole rings is 1. The number of halogens is 1. The van der Waals surface area contributed by atoms with Crippen LogP contribution >= 0.6 is 22.7 Å². The molecular formula is C31H35FN8O2S2. The van der Waals surface area contributed by atoms with Crippen LogP contribution < -0.4 is 9.80 Å². The van der Waals surface area contributed by atoms with Crippen LogP contribution in [0.4, 0.5) is 20.5 Å². The third-order valence-corrected chi connectivity index (χ3v) is 11.7. The van der Waals surface area contributed by atoms with Gasteiger partial charge >= 0.3 is 0 Å². The standard InChI is InChI=1S/C31H35FN8O2S2/c1-4-23-27(38(3)28-35-26(25(15-33)43-28)18-5-7-19(32)8-6-18)40-29(34-23)44-30(36-40)39-12-10-20(16-39)37(2)17-21(41)9-11-31-13-22(31)24(42)14-31/h5-8,20,22,24,42H,4,9-14,16-17H2,1-3H3/t20-,22?,24?,31?/m1/s1. The Balaban J connectivity index is 1.05. The summed E-state index contributed by atoms with van der Waals surface area (Å²) in [6.45, 7) is 4.16. The molecule has 7 rings (SSSR count). The van der Waals surface area contributed by atoms with Gasteiger partial charge in [0.25, 0.3) is 0 Å². The van der Waals surface area contributed by atoms with Crippen molar-refractivity contribution < 1.29 is 14.3 Å². The van der Waals surface area contributed by atoms with Gasteiger partial charge < -0.3 is 14.9 Å². The summed E-state index contributed by atoms with van der Waals surface area (Å²) < 4.78 is 15.4. The Kier molecular flexibility index (Phi) is 7.43. The second kappa shape index (κ2) is 11.2. The number of thiazole rings is 1. The number of aliphatic hydroxyl groups is 1. The van der Waals surface area contributed by atoms with Gasteiger partial charge in [0.1, 0.15) is 28.2 Å². The lowest BCUT2D eigenvalue weighted by molar-refractivity contribution is -0.121. The number of likely N-dealkylation sites (N-methyl/N-ethyl adjacent to an activating group) is 1.